The summed E-state index contributed by atoms with van der Waals surface area (Å²) in [5.41, 5.74) is 2.29. The number of nitrogens with one attached hydrogen (secondary N) is 1. The van der Waals surface area contributed by atoms with Crippen molar-refractivity contribution in [1.29, 1.82) is 0 Å². The molecular formula is C16H19F4NO3. The summed E-state index contributed by atoms with van der Waals surface area (Å²) < 4.78 is 44.7. The highest BCUT2D eigenvalue weighted by Crippen LogP contribution is 2.27. The van der Waals surface area contributed by atoms with Gasteiger partial charge in [0, 0.05) is 12.5 Å². The first kappa shape index (κ1) is 19.9. The van der Waals surface area contributed by atoms with Crippen LogP contribution >= 0.6 is 0 Å². The number of amides is 1. The second kappa shape index (κ2) is 8.65. The van der Waals surface area contributed by atoms with Crippen LogP contribution in [0.5, 0.6) is 0 Å². The minimum Gasteiger partial charge on any atom is -0.475 e. The Morgan fingerprint density at radius 2 is 1.75 bits per heavy atom. The molecule has 8 heteroatoms. The van der Waals surface area contributed by atoms with Gasteiger partial charge in [-0.05, 0) is 31.7 Å². The Labute approximate surface area is 136 Å². The van der Waals surface area contributed by atoms with Gasteiger partial charge in [-0.1, -0.05) is 29.8 Å². The molecule has 0 aromatic heterocycles. The van der Waals surface area contributed by atoms with E-state index in [9.17, 15) is 22.4 Å². The number of hydrogen-bond donors (Lipinski definition) is 2. The molecule has 24 heavy (non-hydrogen) atoms. The average molecular weight is 349 g/mol. The van der Waals surface area contributed by atoms with Crippen molar-refractivity contribution in [3.63, 3.8) is 0 Å². The van der Waals surface area contributed by atoms with Crippen molar-refractivity contribution in [2.75, 3.05) is 0 Å². The van der Waals surface area contributed by atoms with Crippen LogP contribution in [0.25, 0.3) is 0 Å². The van der Waals surface area contributed by atoms with Crippen LogP contribution in [0.2, 0.25) is 0 Å². The fraction of sp³-hybridized carbons (Fsp3) is 0.500. The molecular weight excluding hydrogens is 330 g/mol. The zero-order valence-electron chi connectivity index (χ0n) is 13.1. The van der Waals surface area contributed by atoms with E-state index in [-0.39, 0.29) is 11.8 Å². The van der Waals surface area contributed by atoms with Crippen LogP contribution in [0.1, 0.15) is 30.4 Å². The lowest BCUT2D eigenvalue weighted by Crippen LogP contribution is -2.29. The molecule has 1 saturated carbocycles. The van der Waals surface area contributed by atoms with E-state index in [1.165, 1.54) is 5.56 Å². The predicted molar refractivity (Wildman–Crippen MR) is 79.0 cm³/mol. The average Bonchev–Trinajstić information content (AvgIpc) is 2.93. The zero-order valence-corrected chi connectivity index (χ0v) is 13.1. The van der Waals surface area contributed by atoms with Gasteiger partial charge in [0.1, 0.15) is 6.17 Å². The number of aryl methyl sites for hydroxylation is 1. The lowest BCUT2D eigenvalue weighted by atomic mass is 10.1. The van der Waals surface area contributed by atoms with Gasteiger partial charge >= 0.3 is 12.1 Å². The van der Waals surface area contributed by atoms with Crippen LogP contribution in [0.3, 0.4) is 0 Å². The van der Waals surface area contributed by atoms with Gasteiger partial charge in [0.05, 0.1) is 0 Å². The molecule has 2 N–H and O–H groups in total. The Hall–Kier alpha value is -2.12. The van der Waals surface area contributed by atoms with E-state index in [1.807, 2.05) is 31.2 Å². The molecule has 1 amide bonds. The van der Waals surface area contributed by atoms with Crippen LogP contribution in [0.15, 0.2) is 24.3 Å². The normalized spacial score (nSPS) is 20.0. The van der Waals surface area contributed by atoms with Crippen molar-refractivity contribution in [1.82, 2.24) is 5.32 Å². The van der Waals surface area contributed by atoms with Crippen LogP contribution in [-0.4, -0.2) is 29.3 Å². The third-order valence-electron chi connectivity index (χ3n) is 3.57. The topological polar surface area (TPSA) is 66.4 Å². The van der Waals surface area contributed by atoms with Crippen molar-refractivity contribution in [2.45, 2.75) is 45.1 Å². The lowest BCUT2D eigenvalue weighted by molar-refractivity contribution is -0.192. The van der Waals surface area contributed by atoms with Gasteiger partial charge in [0.2, 0.25) is 5.91 Å². The molecule has 0 unspecified atom stereocenters. The fourth-order valence-electron chi connectivity index (χ4n) is 2.20. The summed E-state index contributed by atoms with van der Waals surface area (Å²) in [6.07, 6.45) is -4.27. The quantitative estimate of drug-likeness (QED) is 0.822. The molecule has 1 aliphatic carbocycles. The Balaban J connectivity index is 0.000000351. The fourth-order valence-corrected chi connectivity index (χ4v) is 2.20. The molecule has 0 radical (unpaired) electrons. The summed E-state index contributed by atoms with van der Waals surface area (Å²) in [6.45, 7) is 2.56. The first-order chi connectivity index (χ1) is 11.1. The van der Waals surface area contributed by atoms with E-state index in [0.717, 1.165) is 5.56 Å². The summed E-state index contributed by atoms with van der Waals surface area (Å²) in [5.74, 6) is -2.89. The highest BCUT2D eigenvalue weighted by molar-refractivity contribution is 5.78. The maximum absolute atomic E-state index is 13.0. The van der Waals surface area contributed by atoms with Crippen molar-refractivity contribution in [2.24, 2.45) is 5.92 Å². The number of rotatable bonds is 3. The Kier molecular flexibility index (Phi) is 7.18. The van der Waals surface area contributed by atoms with Gasteiger partial charge < -0.3 is 10.4 Å². The SMILES string of the molecule is Cc1ccc(CNC(=O)[C@@H]2CC[C@H](F)C2)cc1.O=C(O)C(F)(F)F. The summed E-state index contributed by atoms with van der Waals surface area (Å²) in [5, 5.41) is 10.0. The number of benzene rings is 1. The maximum Gasteiger partial charge on any atom is 0.490 e. The standard InChI is InChI=1S/C14H18FNO.C2HF3O2/c1-10-2-4-11(5-3-10)9-16-14(17)12-6-7-13(15)8-12;3-2(4,5)1(6)7/h2-5,12-13H,6-9H2,1H3,(H,16,17);(H,6,7)/t12-,13+;/m1./s1. The van der Waals surface area contributed by atoms with Crippen molar-refractivity contribution >= 4 is 11.9 Å². The van der Waals surface area contributed by atoms with Crippen molar-refractivity contribution in [3.8, 4) is 0 Å². The second-order valence-electron chi connectivity index (χ2n) is 5.61. The summed E-state index contributed by atoms with van der Waals surface area (Å²) in [4.78, 5) is 20.6. The van der Waals surface area contributed by atoms with E-state index in [4.69, 9.17) is 9.90 Å². The third kappa shape index (κ3) is 6.97. The minimum atomic E-state index is -5.08. The summed E-state index contributed by atoms with van der Waals surface area (Å²) in [6, 6.07) is 8.05. The third-order valence-corrected chi connectivity index (χ3v) is 3.57. The summed E-state index contributed by atoms with van der Waals surface area (Å²) in [7, 11) is 0. The summed E-state index contributed by atoms with van der Waals surface area (Å²) >= 11 is 0. The van der Waals surface area contributed by atoms with Crippen LogP contribution < -0.4 is 5.32 Å². The second-order valence-corrected chi connectivity index (χ2v) is 5.61. The monoisotopic (exact) mass is 349 g/mol. The number of hydrogen-bond acceptors (Lipinski definition) is 2. The molecule has 134 valence electrons. The predicted octanol–water partition coefficient (Wildman–Crippen LogP) is 3.38. The van der Waals surface area contributed by atoms with Crippen molar-refractivity contribution < 1.29 is 32.3 Å². The highest BCUT2D eigenvalue weighted by Gasteiger charge is 2.38. The minimum absolute atomic E-state index is 0.00859. The largest absolute Gasteiger partial charge is 0.490 e. The molecule has 1 aromatic rings. The number of aliphatic carboxylic acids is 1. The van der Waals surface area contributed by atoms with Gasteiger partial charge in [-0.25, -0.2) is 9.18 Å². The maximum atomic E-state index is 13.0. The molecule has 0 spiro atoms. The van der Waals surface area contributed by atoms with Gasteiger partial charge in [-0.15, -0.1) is 0 Å². The van der Waals surface area contributed by atoms with Gasteiger partial charge in [-0.3, -0.25) is 4.79 Å². The molecule has 0 aliphatic heterocycles. The number of alkyl halides is 4. The van der Waals surface area contributed by atoms with Gasteiger partial charge in [0.15, 0.2) is 0 Å². The van der Waals surface area contributed by atoms with E-state index in [2.05, 4.69) is 5.32 Å². The molecule has 0 saturated heterocycles. The van der Waals surface area contributed by atoms with Crippen LogP contribution in [0, 0.1) is 12.8 Å². The van der Waals surface area contributed by atoms with Crippen molar-refractivity contribution in [3.05, 3.63) is 35.4 Å². The molecule has 1 aliphatic rings. The Bertz CT molecular complexity index is 557. The molecule has 0 heterocycles. The van der Waals surface area contributed by atoms with Crippen LogP contribution in [0.4, 0.5) is 17.6 Å². The smallest absolute Gasteiger partial charge is 0.475 e. The first-order valence-electron chi connectivity index (χ1n) is 7.37. The first-order valence-corrected chi connectivity index (χ1v) is 7.37. The van der Waals surface area contributed by atoms with Gasteiger partial charge in [0.25, 0.3) is 0 Å². The van der Waals surface area contributed by atoms with E-state index >= 15 is 0 Å². The van der Waals surface area contributed by atoms with Crippen LogP contribution in [-0.2, 0) is 16.1 Å². The molecule has 2 rings (SSSR count). The lowest BCUT2D eigenvalue weighted by Gasteiger charge is -2.10. The number of carbonyl (C=O) groups excluding carboxylic acids is 1. The number of carboxylic acid groups (broad SMARTS) is 1. The highest BCUT2D eigenvalue weighted by atomic mass is 19.4. The number of carbonyl (C=O) groups is 2. The molecule has 1 fully saturated rings. The van der Waals surface area contributed by atoms with E-state index in [0.29, 0.717) is 25.8 Å². The van der Waals surface area contributed by atoms with E-state index in [1.54, 1.807) is 0 Å². The Morgan fingerprint density at radius 1 is 1.21 bits per heavy atom. The molecule has 0 bridgehead atoms. The van der Waals surface area contributed by atoms with E-state index < -0.39 is 18.3 Å². The number of halogens is 4. The van der Waals surface area contributed by atoms with Gasteiger partial charge in [-0.2, -0.15) is 13.2 Å². The Morgan fingerprint density at radius 3 is 2.17 bits per heavy atom. The molecule has 2 atom stereocenters. The molecule has 4 nitrogen and oxygen atoms in total. The number of carboxylic acids is 1. The zero-order chi connectivity index (χ0) is 18.3. The molecule has 1 aromatic carbocycles.